The van der Waals surface area contributed by atoms with Gasteiger partial charge in [0, 0.05) is 24.5 Å². The van der Waals surface area contributed by atoms with E-state index in [1.54, 1.807) is 23.6 Å². The number of ether oxygens (including phenoxy) is 1. The summed E-state index contributed by atoms with van der Waals surface area (Å²) in [6, 6.07) is 14.8. The normalized spacial score (nSPS) is 10.8. The first-order valence-corrected chi connectivity index (χ1v) is 9.55. The SMILES string of the molecule is CC(C)CCOc1ccc(C(=O)N(Cc2cccnc2)Cc2ccco2)cc1. The van der Waals surface area contributed by atoms with Gasteiger partial charge in [-0.25, -0.2) is 0 Å². The molecule has 28 heavy (non-hydrogen) atoms. The zero-order valence-electron chi connectivity index (χ0n) is 16.4. The van der Waals surface area contributed by atoms with Crippen LogP contribution in [0.3, 0.4) is 0 Å². The number of hydrogen-bond acceptors (Lipinski definition) is 4. The Labute approximate surface area is 166 Å². The molecular weight excluding hydrogens is 352 g/mol. The van der Waals surface area contributed by atoms with Crippen LogP contribution in [0.4, 0.5) is 0 Å². The van der Waals surface area contributed by atoms with Crippen LogP contribution in [0.15, 0.2) is 71.6 Å². The maximum atomic E-state index is 13.1. The lowest BCUT2D eigenvalue weighted by Gasteiger charge is -2.22. The van der Waals surface area contributed by atoms with Crippen molar-refractivity contribution < 1.29 is 13.9 Å². The standard InChI is InChI=1S/C23H26N2O3/c1-18(2)11-14-28-21-9-7-20(8-10-21)23(26)25(17-22-6-4-13-27-22)16-19-5-3-12-24-15-19/h3-10,12-13,15,18H,11,14,16-17H2,1-2H3. The number of carbonyl (C=O) groups is 1. The van der Waals surface area contributed by atoms with Crippen molar-refractivity contribution in [2.24, 2.45) is 5.92 Å². The number of amides is 1. The van der Waals surface area contributed by atoms with Gasteiger partial charge in [0.25, 0.3) is 5.91 Å². The molecule has 0 spiro atoms. The molecule has 0 fully saturated rings. The van der Waals surface area contributed by atoms with E-state index < -0.39 is 0 Å². The van der Waals surface area contributed by atoms with E-state index in [9.17, 15) is 4.79 Å². The van der Waals surface area contributed by atoms with E-state index in [1.807, 2.05) is 48.5 Å². The van der Waals surface area contributed by atoms with Gasteiger partial charge in [0.2, 0.25) is 0 Å². The predicted molar refractivity (Wildman–Crippen MR) is 108 cm³/mol. The maximum absolute atomic E-state index is 13.1. The van der Waals surface area contributed by atoms with Crippen molar-refractivity contribution in [2.75, 3.05) is 6.61 Å². The first kappa shape index (κ1) is 19.7. The Morgan fingerprint density at radius 1 is 1.11 bits per heavy atom. The van der Waals surface area contributed by atoms with E-state index in [-0.39, 0.29) is 5.91 Å². The number of nitrogens with zero attached hydrogens (tertiary/aromatic N) is 2. The minimum Gasteiger partial charge on any atom is -0.494 e. The van der Waals surface area contributed by atoms with Crippen molar-refractivity contribution in [3.8, 4) is 5.75 Å². The number of hydrogen-bond donors (Lipinski definition) is 0. The van der Waals surface area contributed by atoms with Crippen molar-refractivity contribution in [2.45, 2.75) is 33.4 Å². The second-order valence-electron chi connectivity index (χ2n) is 7.16. The number of carbonyl (C=O) groups excluding carboxylic acids is 1. The highest BCUT2D eigenvalue weighted by Gasteiger charge is 2.18. The summed E-state index contributed by atoms with van der Waals surface area (Å²) in [6.07, 6.45) is 6.11. The van der Waals surface area contributed by atoms with Gasteiger partial charge in [-0.1, -0.05) is 19.9 Å². The third-order valence-corrected chi connectivity index (χ3v) is 4.38. The molecule has 5 heteroatoms. The average molecular weight is 378 g/mol. The molecule has 0 N–H and O–H groups in total. The van der Waals surface area contributed by atoms with Crippen LogP contribution in [-0.4, -0.2) is 22.4 Å². The molecule has 2 aromatic heterocycles. The summed E-state index contributed by atoms with van der Waals surface area (Å²) < 4.78 is 11.2. The summed E-state index contributed by atoms with van der Waals surface area (Å²) in [4.78, 5) is 19.0. The van der Waals surface area contributed by atoms with Crippen LogP contribution in [0.25, 0.3) is 0 Å². The second-order valence-corrected chi connectivity index (χ2v) is 7.16. The van der Waals surface area contributed by atoms with Gasteiger partial charge in [-0.2, -0.15) is 0 Å². The monoisotopic (exact) mass is 378 g/mol. The molecule has 0 atom stereocenters. The molecule has 3 rings (SSSR count). The molecule has 0 saturated heterocycles. The molecule has 0 saturated carbocycles. The first-order valence-electron chi connectivity index (χ1n) is 9.55. The third-order valence-electron chi connectivity index (χ3n) is 4.38. The number of rotatable bonds is 9. The molecule has 3 aromatic rings. The highest BCUT2D eigenvalue weighted by atomic mass is 16.5. The topological polar surface area (TPSA) is 55.6 Å². The lowest BCUT2D eigenvalue weighted by atomic mass is 10.1. The van der Waals surface area contributed by atoms with Crippen LogP contribution in [0.2, 0.25) is 0 Å². The molecule has 2 heterocycles. The largest absolute Gasteiger partial charge is 0.494 e. The van der Waals surface area contributed by atoms with E-state index in [1.165, 1.54) is 0 Å². The quantitative estimate of drug-likeness (QED) is 0.529. The molecular formula is C23H26N2O3. The minimum atomic E-state index is -0.0611. The summed E-state index contributed by atoms with van der Waals surface area (Å²) in [5.74, 6) is 2.06. The Balaban J connectivity index is 1.70. The number of pyridine rings is 1. The van der Waals surface area contributed by atoms with Gasteiger partial charge in [-0.3, -0.25) is 9.78 Å². The lowest BCUT2D eigenvalue weighted by Crippen LogP contribution is -2.30. The summed E-state index contributed by atoms with van der Waals surface area (Å²) in [6.45, 7) is 5.87. The minimum absolute atomic E-state index is 0.0611. The summed E-state index contributed by atoms with van der Waals surface area (Å²) in [7, 11) is 0. The molecule has 0 aliphatic carbocycles. The molecule has 146 valence electrons. The van der Waals surface area contributed by atoms with Crippen molar-refractivity contribution in [3.05, 3.63) is 84.1 Å². The highest BCUT2D eigenvalue weighted by Crippen LogP contribution is 2.18. The van der Waals surface area contributed by atoms with E-state index in [0.29, 0.717) is 31.2 Å². The average Bonchev–Trinajstić information content (AvgIpc) is 3.21. The van der Waals surface area contributed by atoms with Crippen molar-refractivity contribution >= 4 is 5.91 Å². The molecule has 0 bridgehead atoms. The van der Waals surface area contributed by atoms with E-state index >= 15 is 0 Å². The number of furan rings is 1. The van der Waals surface area contributed by atoms with Crippen LogP contribution in [0, 0.1) is 5.92 Å². The van der Waals surface area contributed by atoms with Crippen LogP contribution in [-0.2, 0) is 13.1 Å². The molecule has 1 aromatic carbocycles. The van der Waals surface area contributed by atoms with Gasteiger partial charge >= 0.3 is 0 Å². The summed E-state index contributed by atoms with van der Waals surface area (Å²) in [5.41, 5.74) is 1.59. The molecule has 5 nitrogen and oxygen atoms in total. The maximum Gasteiger partial charge on any atom is 0.254 e. The summed E-state index contributed by atoms with van der Waals surface area (Å²) in [5, 5.41) is 0. The third kappa shape index (κ3) is 5.71. The number of aromatic nitrogens is 1. The second kappa shape index (κ2) is 9.74. The lowest BCUT2D eigenvalue weighted by molar-refractivity contribution is 0.0717. The van der Waals surface area contributed by atoms with Crippen molar-refractivity contribution in [1.82, 2.24) is 9.88 Å². The predicted octanol–water partition coefficient (Wildman–Crippen LogP) is 4.94. The van der Waals surface area contributed by atoms with Gasteiger partial charge in [0.05, 0.1) is 19.4 Å². The van der Waals surface area contributed by atoms with Gasteiger partial charge in [0.15, 0.2) is 0 Å². The fourth-order valence-corrected chi connectivity index (χ4v) is 2.79. The molecule has 0 aliphatic heterocycles. The number of benzene rings is 1. The van der Waals surface area contributed by atoms with Crippen LogP contribution < -0.4 is 4.74 Å². The van der Waals surface area contributed by atoms with Gasteiger partial charge < -0.3 is 14.1 Å². The van der Waals surface area contributed by atoms with Crippen molar-refractivity contribution in [3.63, 3.8) is 0 Å². The van der Waals surface area contributed by atoms with Gasteiger partial charge in [-0.15, -0.1) is 0 Å². The van der Waals surface area contributed by atoms with Crippen LogP contribution in [0.1, 0.15) is 41.9 Å². The molecule has 1 amide bonds. The van der Waals surface area contributed by atoms with Gasteiger partial charge in [0.1, 0.15) is 11.5 Å². The molecule has 0 aliphatic rings. The Morgan fingerprint density at radius 3 is 2.57 bits per heavy atom. The van der Waals surface area contributed by atoms with E-state index in [0.717, 1.165) is 23.5 Å². The zero-order chi connectivity index (χ0) is 19.8. The smallest absolute Gasteiger partial charge is 0.254 e. The van der Waals surface area contributed by atoms with Crippen LogP contribution in [0.5, 0.6) is 5.75 Å². The Bertz CT molecular complexity index is 843. The fourth-order valence-electron chi connectivity index (χ4n) is 2.79. The molecule has 0 unspecified atom stereocenters. The van der Waals surface area contributed by atoms with Crippen molar-refractivity contribution in [1.29, 1.82) is 0 Å². The fraction of sp³-hybridized carbons (Fsp3) is 0.304. The van der Waals surface area contributed by atoms with Gasteiger partial charge in [-0.05, 0) is 60.4 Å². The Hall–Kier alpha value is -3.08. The van der Waals surface area contributed by atoms with E-state index in [4.69, 9.17) is 9.15 Å². The highest BCUT2D eigenvalue weighted by molar-refractivity contribution is 5.94. The molecule has 0 radical (unpaired) electrons. The van der Waals surface area contributed by atoms with Crippen LogP contribution >= 0.6 is 0 Å². The Morgan fingerprint density at radius 2 is 1.93 bits per heavy atom. The Kier molecular flexibility index (Phi) is 6.84. The first-order chi connectivity index (χ1) is 13.6. The summed E-state index contributed by atoms with van der Waals surface area (Å²) >= 11 is 0. The zero-order valence-corrected chi connectivity index (χ0v) is 16.4. The van der Waals surface area contributed by atoms with E-state index in [2.05, 4.69) is 18.8 Å².